The van der Waals surface area contributed by atoms with E-state index in [1.54, 1.807) is 0 Å². The zero-order valence-corrected chi connectivity index (χ0v) is 21.7. The molecule has 0 unspecified atom stereocenters. The van der Waals surface area contributed by atoms with Gasteiger partial charge in [0.05, 0.1) is 12.0 Å². The van der Waals surface area contributed by atoms with Crippen molar-refractivity contribution in [2.24, 2.45) is 5.92 Å². The van der Waals surface area contributed by atoms with Crippen LogP contribution in [0.4, 0.5) is 13.2 Å². The van der Waals surface area contributed by atoms with Crippen LogP contribution in [0.5, 0.6) is 0 Å². The van der Waals surface area contributed by atoms with Crippen LogP contribution in [-0.4, -0.2) is 46.2 Å². The first-order valence-corrected chi connectivity index (χ1v) is 12.9. The minimum atomic E-state index is -4.12. The molecular formula is C28H35F3N4O2. The number of benzene rings is 1. The van der Waals surface area contributed by atoms with Crippen molar-refractivity contribution in [1.29, 1.82) is 0 Å². The van der Waals surface area contributed by atoms with Crippen molar-refractivity contribution < 1.29 is 18.0 Å². The minimum absolute atomic E-state index is 0.0512. The molecule has 2 N–H and O–H groups in total. The Labute approximate surface area is 214 Å². The molecule has 1 aromatic carbocycles. The highest BCUT2D eigenvalue weighted by Crippen LogP contribution is 2.30. The van der Waals surface area contributed by atoms with Crippen LogP contribution >= 0.6 is 0 Å². The fraction of sp³-hybridized carbons (Fsp3) is 0.500. The molecule has 0 saturated carbocycles. The van der Waals surface area contributed by atoms with E-state index in [2.05, 4.69) is 14.9 Å². The van der Waals surface area contributed by atoms with Gasteiger partial charge in [-0.25, -0.2) is 0 Å². The number of aromatic amines is 1. The summed E-state index contributed by atoms with van der Waals surface area (Å²) < 4.78 is 39.9. The van der Waals surface area contributed by atoms with Crippen LogP contribution in [0.2, 0.25) is 0 Å². The lowest BCUT2D eigenvalue weighted by molar-refractivity contribution is -0.138. The molecule has 1 amide bonds. The highest BCUT2D eigenvalue weighted by Gasteiger charge is 2.29. The molecule has 2 aromatic heterocycles. The molecule has 37 heavy (non-hydrogen) atoms. The molecule has 0 radical (unpaired) electrons. The zero-order chi connectivity index (χ0) is 26.7. The Balaban J connectivity index is 1.49. The van der Waals surface area contributed by atoms with Gasteiger partial charge in [0, 0.05) is 47.5 Å². The van der Waals surface area contributed by atoms with E-state index in [4.69, 9.17) is 0 Å². The number of aromatic nitrogens is 2. The van der Waals surface area contributed by atoms with Crippen LogP contribution in [0.1, 0.15) is 59.1 Å². The fourth-order valence-corrected chi connectivity index (χ4v) is 5.44. The SMILES string of the molecule is CCc1cc(C)[nH]c(=O)c1CNC(=O)c1c(C)n(CC2CCN(CCC(F)(F)F)CC2)c2ccccc12. The number of halogens is 3. The van der Waals surface area contributed by atoms with Crippen LogP contribution in [0.25, 0.3) is 10.9 Å². The molecule has 1 aliphatic heterocycles. The molecule has 3 heterocycles. The number of aryl methyl sites for hydroxylation is 2. The maximum Gasteiger partial charge on any atom is 0.390 e. The predicted molar refractivity (Wildman–Crippen MR) is 139 cm³/mol. The number of amides is 1. The number of pyridine rings is 1. The molecule has 0 bridgehead atoms. The van der Waals surface area contributed by atoms with Gasteiger partial charge in [0.15, 0.2) is 0 Å². The second kappa shape index (κ2) is 11.1. The highest BCUT2D eigenvalue weighted by atomic mass is 19.4. The third-order valence-electron chi connectivity index (χ3n) is 7.49. The summed E-state index contributed by atoms with van der Waals surface area (Å²) in [4.78, 5) is 30.6. The van der Waals surface area contributed by atoms with Crippen molar-refractivity contribution in [2.75, 3.05) is 19.6 Å². The molecule has 1 fully saturated rings. The van der Waals surface area contributed by atoms with Crippen LogP contribution in [0.15, 0.2) is 35.1 Å². The Morgan fingerprint density at radius 1 is 1.16 bits per heavy atom. The number of nitrogens with one attached hydrogen (secondary N) is 2. The zero-order valence-electron chi connectivity index (χ0n) is 21.7. The topological polar surface area (TPSA) is 70.1 Å². The molecular weight excluding hydrogens is 481 g/mol. The second-order valence-corrected chi connectivity index (χ2v) is 10.1. The lowest BCUT2D eigenvalue weighted by atomic mass is 9.96. The number of alkyl halides is 3. The summed E-state index contributed by atoms with van der Waals surface area (Å²) in [5.74, 6) is 0.0993. The monoisotopic (exact) mass is 516 g/mol. The number of likely N-dealkylation sites (tertiary alicyclic amines) is 1. The maximum atomic E-state index is 13.4. The summed E-state index contributed by atoms with van der Waals surface area (Å²) >= 11 is 0. The molecule has 0 spiro atoms. The van der Waals surface area contributed by atoms with Gasteiger partial charge >= 0.3 is 6.18 Å². The number of H-pyrrole nitrogens is 1. The number of fused-ring (bicyclic) bond motifs is 1. The number of carbonyl (C=O) groups excluding carboxylic acids is 1. The average Bonchev–Trinajstić information content (AvgIpc) is 3.13. The van der Waals surface area contributed by atoms with Gasteiger partial charge in [-0.15, -0.1) is 0 Å². The third kappa shape index (κ3) is 6.26. The molecule has 3 aromatic rings. The first-order valence-electron chi connectivity index (χ1n) is 12.9. The van der Waals surface area contributed by atoms with E-state index in [9.17, 15) is 22.8 Å². The van der Waals surface area contributed by atoms with Crippen molar-refractivity contribution in [2.45, 2.75) is 65.7 Å². The number of para-hydroxylation sites is 1. The number of carbonyl (C=O) groups is 1. The Bertz CT molecular complexity index is 1320. The van der Waals surface area contributed by atoms with Gasteiger partial charge in [0.1, 0.15) is 0 Å². The van der Waals surface area contributed by atoms with Crippen LogP contribution < -0.4 is 10.9 Å². The van der Waals surface area contributed by atoms with Crippen molar-refractivity contribution in [3.05, 3.63) is 68.8 Å². The van der Waals surface area contributed by atoms with E-state index in [0.717, 1.165) is 40.7 Å². The molecule has 4 rings (SSSR count). The van der Waals surface area contributed by atoms with Crippen molar-refractivity contribution in [3.63, 3.8) is 0 Å². The van der Waals surface area contributed by atoms with Gasteiger partial charge in [-0.1, -0.05) is 25.1 Å². The molecule has 1 saturated heterocycles. The van der Waals surface area contributed by atoms with E-state index in [0.29, 0.717) is 43.1 Å². The van der Waals surface area contributed by atoms with E-state index < -0.39 is 12.6 Å². The molecule has 0 atom stereocenters. The first kappa shape index (κ1) is 27.0. The van der Waals surface area contributed by atoms with Gasteiger partial charge < -0.3 is 19.8 Å². The van der Waals surface area contributed by atoms with E-state index in [-0.39, 0.29) is 24.6 Å². The molecule has 0 aliphatic carbocycles. The Kier molecular flexibility index (Phi) is 8.11. The summed E-state index contributed by atoms with van der Waals surface area (Å²) in [6.45, 7) is 7.97. The first-order chi connectivity index (χ1) is 17.6. The van der Waals surface area contributed by atoms with Crippen LogP contribution in [0, 0.1) is 19.8 Å². The van der Waals surface area contributed by atoms with Gasteiger partial charge in [-0.3, -0.25) is 9.59 Å². The second-order valence-electron chi connectivity index (χ2n) is 10.1. The predicted octanol–water partition coefficient (Wildman–Crippen LogP) is 5.10. The Morgan fingerprint density at radius 3 is 2.54 bits per heavy atom. The summed E-state index contributed by atoms with van der Waals surface area (Å²) in [7, 11) is 0. The van der Waals surface area contributed by atoms with Gasteiger partial charge in [-0.2, -0.15) is 13.2 Å². The number of piperidine rings is 1. The normalized spacial score (nSPS) is 15.4. The molecule has 1 aliphatic rings. The largest absolute Gasteiger partial charge is 0.390 e. The summed E-state index contributed by atoms with van der Waals surface area (Å²) in [6.07, 6.45) is -2.56. The average molecular weight is 517 g/mol. The van der Waals surface area contributed by atoms with Crippen molar-refractivity contribution in [1.82, 2.24) is 19.8 Å². The van der Waals surface area contributed by atoms with Gasteiger partial charge in [0.25, 0.3) is 11.5 Å². The number of nitrogens with zero attached hydrogens (tertiary/aromatic N) is 2. The van der Waals surface area contributed by atoms with Gasteiger partial charge in [-0.05, 0) is 69.8 Å². The standard InChI is InChI=1S/C28H35F3N4O2/c1-4-21-15-18(2)33-26(36)23(21)16-32-27(37)25-19(3)35(24-8-6-5-7-22(24)25)17-20-9-12-34(13-10-20)14-11-28(29,30)31/h5-8,15,20H,4,9-14,16-17H2,1-3H3,(H,32,37)(H,33,36). The molecule has 9 heteroatoms. The van der Waals surface area contributed by atoms with E-state index in [1.807, 2.05) is 56.0 Å². The summed E-state index contributed by atoms with van der Waals surface area (Å²) in [5, 5.41) is 3.82. The Hall–Kier alpha value is -3.07. The van der Waals surface area contributed by atoms with Gasteiger partial charge in [0.2, 0.25) is 0 Å². The van der Waals surface area contributed by atoms with E-state index in [1.165, 1.54) is 0 Å². The minimum Gasteiger partial charge on any atom is -0.348 e. The number of rotatable bonds is 8. The van der Waals surface area contributed by atoms with Crippen LogP contribution in [0.3, 0.4) is 0 Å². The van der Waals surface area contributed by atoms with Crippen molar-refractivity contribution >= 4 is 16.8 Å². The van der Waals surface area contributed by atoms with Crippen molar-refractivity contribution in [3.8, 4) is 0 Å². The lowest BCUT2D eigenvalue weighted by Crippen LogP contribution is -2.37. The smallest absolute Gasteiger partial charge is 0.348 e. The maximum absolute atomic E-state index is 13.4. The molecule has 200 valence electrons. The van der Waals surface area contributed by atoms with Crippen LogP contribution in [-0.2, 0) is 19.5 Å². The lowest BCUT2D eigenvalue weighted by Gasteiger charge is -2.32. The number of hydrogen-bond donors (Lipinski definition) is 2. The quantitative estimate of drug-likeness (QED) is 0.438. The summed E-state index contributed by atoms with van der Waals surface area (Å²) in [6, 6.07) is 9.72. The Morgan fingerprint density at radius 2 is 1.86 bits per heavy atom. The molecule has 6 nitrogen and oxygen atoms in total. The van der Waals surface area contributed by atoms with E-state index >= 15 is 0 Å². The summed E-state index contributed by atoms with van der Waals surface area (Å²) in [5.41, 5.74) is 4.51. The third-order valence-corrected chi connectivity index (χ3v) is 7.49. The highest BCUT2D eigenvalue weighted by molar-refractivity contribution is 6.08. The fourth-order valence-electron chi connectivity index (χ4n) is 5.44. The number of hydrogen-bond acceptors (Lipinski definition) is 3.